The molecule has 0 bridgehead atoms. The van der Waals surface area contributed by atoms with Crippen molar-refractivity contribution in [2.24, 2.45) is 11.5 Å². The Balaban J connectivity index is 3.05. The minimum absolute atomic E-state index is 0.141. The summed E-state index contributed by atoms with van der Waals surface area (Å²) in [7, 11) is 0. The molecule has 0 aromatic rings. The van der Waals surface area contributed by atoms with Gasteiger partial charge in [-0.15, -0.1) is 0 Å². The molecule has 0 saturated carbocycles. The van der Waals surface area contributed by atoms with E-state index in [2.05, 4.69) is 0 Å². The molecule has 5 heteroatoms. The summed E-state index contributed by atoms with van der Waals surface area (Å²) in [4.78, 5) is 9.16. The van der Waals surface area contributed by atoms with Crippen molar-refractivity contribution in [3.05, 3.63) is 10.1 Å². The molecule has 0 fully saturated rings. The fraction of sp³-hybridized carbons (Fsp3) is 1.00. The van der Waals surface area contributed by atoms with Gasteiger partial charge in [0.25, 0.3) is 0 Å². The Kier molecular flexibility index (Phi) is 3.05. The predicted octanol–water partition coefficient (Wildman–Crippen LogP) is -1.10. The number of nitro groups is 1. The third-order valence-electron chi connectivity index (χ3n) is 0.645. The van der Waals surface area contributed by atoms with Crippen molar-refractivity contribution in [2.45, 2.75) is 12.6 Å². The lowest BCUT2D eigenvalue weighted by atomic mass is 10.4. The molecule has 0 heterocycles. The lowest BCUT2D eigenvalue weighted by Crippen LogP contribution is -2.32. The fourth-order valence-electron chi connectivity index (χ4n) is 0.254. The van der Waals surface area contributed by atoms with E-state index >= 15 is 0 Å². The van der Waals surface area contributed by atoms with Crippen LogP contribution in [0.15, 0.2) is 0 Å². The molecule has 0 radical (unpaired) electrons. The van der Waals surface area contributed by atoms with Crippen LogP contribution in [-0.2, 0) is 0 Å². The highest BCUT2D eigenvalue weighted by molar-refractivity contribution is 4.46. The molecule has 0 rings (SSSR count). The molecule has 48 valence electrons. The zero-order valence-electron chi connectivity index (χ0n) is 4.41. The van der Waals surface area contributed by atoms with Gasteiger partial charge < -0.3 is 11.5 Å². The van der Waals surface area contributed by atoms with Crippen LogP contribution in [-0.4, -0.2) is 17.6 Å². The first-order chi connectivity index (χ1) is 3.63. The maximum atomic E-state index is 9.60. The molecule has 0 aromatic heterocycles. The molecule has 0 spiro atoms. The second-order valence-corrected chi connectivity index (χ2v) is 1.51. The van der Waals surface area contributed by atoms with Crippen LogP contribution in [0.2, 0.25) is 0 Å². The monoisotopic (exact) mass is 119 g/mol. The summed E-state index contributed by atoms with van der Waals surface area (Å²) >= 11 is 0. The summed E-state index contributed by atoms with van der Waals surface area (Å²) in [5, 5.41) is 9.60. The van der Waals surface area contributed by atoms with Crippen LogP contribution in [0.4, 0.5) is 0 Å². The number of rotatable bonds is 3. The van der Waals surface area contributed by atoms with Crippen molar-refractivity contribution >= 4 is 0 Å². The minimum atomic E-state index is -0.555. The van der Waals surface area contributed by atoms with E-state index in [4.69, 9.17) is 11.5 Å². The van der Waals surface area contributed by atoms with Crippen molar-refractivity contribution in [2.75, 3.05) is 6.54 Å². The van der Waals surface area contributed by atoms with Crippen LogP contribution in [0.5, 0.6) is 0 Å². The second-order valence-electron chi connectivity index (χ2n) is 1.51. The Morgan fingerprint density at radius 3 is 2.25 bits per heavy atom. The first-order valence-corrected chi connectivity index (χ1v) is 2.26. The summed E-state index contributed by atoms with van der Waals surface area (Å²) in [6.45, 7) is -0.141. The molecule has 4 N–H and O–H groups in total. The molecule has 0 saturated heterocycles. The van der Waals surface area contributed by atoms with E-state index in [9.17, 15) is 10.1 Å². The van der Waals surface area contributed by atoms with Crippen LogP contribution in [0.1, 0.15) is 6.42 Å². The summed E-state index contributed by atoms with van der Waals surface area (Å²) in [6.07, 6.45) is -0.312. The minimum Gasteiger partial charge on any atom is -0.316 e. The predicted molar refractivity (Wildman–Crippen MR) is 28.6 cm³/mol. The van der Waals surface area contributed by atoms with Gasteiger partial charge in [0.05, 0.1) is 6.17 Å². The molecule has 5 nitrogen and oxygen atoms in total. The summed E-state index contributed by atoms with van der Waals surface area (Å²) in [5.41, 5.74) is 10.0. The van der Waals surface area contributed by atoms with Gasteiger partial charge in [0.15, 0.2) is 0 Å². The highest BCUT2D eigenvalue weighted by atomic mass is 16.6. The second kappa shape index (κ2) is 3.34. The van der Waals surface area contributed by atoms with Crippen molar-refractivity contribution in [3.8, 4) is 0 Å². The number of hydrogen-bond acceptors (Lipinski definition) is 4. The highest BCUT2D eigenvalue weighted by Gasteiger charge is 1.99. The maximum absolute atomic E-state index is 9.60. The Labute approximate surface area is 46.8 Å². The molecule has 0 unspecified atom stereocenters. The first-order valence-electron chi connectivity index (χ1n) is 2.26. The number of nitrogens with two attached hydrogens (primary N) is 2. The van der Waals surface area contributed by atoms with E-state index in [1.807, 2.05) is 0 Å². The highest BCUT2D eigenvalue weighted by Crippen LogP contribution is 1.78. The number of hydrogen-bond donors (Lipinski definition) is 2. The van der Waals surface area contributed by atoms with Crippen molar-refractivity contribution in [1.29, 1.82) is 0 Å². The van der Waals surface area contributed by atoms with E-state index in [-0.39, 0.29) is 13.0 Å². The zero-order valence-corrected chi connectivity index (χ0v) is 4.41. The Hall–Kier alpha value is -0.680. The van der Waals surface area contributed by atoms with Gasteiger partial charge in [-0.05, 0) is 0 Å². The lowest BCUT2D eigenvalue weighted by molar-refractivity contribution is -0.480. The van der Waals surface area contributed by atoms with Crippen LogP contribution in [0.25, 0.3) is 0 Å². The third kappa shape index (κ3) is 5.32. The average molecular weight is 119 g/mol. The van der Waals surface area contributed by atoms with Crippen LogP contribution < -0.4 is 11.5 Å². The topological polar surface area (TPSA) is 95.2 Å². The Morgan fingerprint density at radius 1 is 1.62 bits per heavy atom. The summed E-state index contributed by atoms with van der Waals surface area (Å²) in [5.74, 6) is 0. The molecule has 0 aromatic carbocycles. The normalized spacial score (nSPS) is 9.88. The molecule has 0 aliphatic rings. The molecule has 0 atom stereocenters. The van der Waals surface area contributed by atoms with E-state index < -0.39 is 11.1 Å². The van der Waals surface area contributed by atoms with Gasteiger partial charge >= 0.3 is 0 Å². The molecule has 8 heavy (non-hydrogen) atoms. The van der Waals surface area contributed by atoms with Crippen LogP contribution >= 0.6 is 0 Å². The maximum Gasteiger partial charge on any atom is 0.206 e. The lowest BCUT2D eigenvalue weighted by Gasteiger charge is -1.97. The van der Waals surface area contributed by atoms with Gasteiger partial charge in [-0.2, -0.15) is 0 Å². The first kappa shape index (κ1) is 7.32. The summed E-state index contributed by atoms with van der Waals surface area (Å²) < 4.78 is 0. The van der Waals surface area contributed by atoms with E-state index in [1.54, 1.807) is 0 Å². The fourth-order valence-corrected chi connectivity index (χ4v) is 0.254. The molecule has 0 amide bonds. The van der Waals surface area contributed by atoms with Crippen molar-refractivity contribution in [1.82, 2.24) is 0 Å². The largest absolute Gasteiger partial charge is 0.316 e. The standard InChI is InChI=1S/C3H9N3O2/c4-3(5)1-2-6(7)8/h3H,1-2,4-5H2. The van der Waals surface area contributed by atoms with Gasteiger partial charge in [-0.25, -0.2) is 0 Å². The quantitative estimate of drug-likeness (QED) is 0.280. The van der Waals surface area contributed by atoms with E-state index in [0.29, 0.717) is 0 Å². The van der Waals surface area contributed by atoms with Gasteiger partial charge in [0.1, 0.15) is 0 Å². The third-order valence-corrected chi connectivity index (χ3v) is 0.645. The van der Waals surface area contributed by atoms with Crippen molar-refractivity contribution in [3.63, 3.8) is 0 Å². The van der Waals surface area contributed by atoms with Crippen LogP contribution in [0, 0.1) is 10.1 Å². The SMILES string of the molecule is NC(N)CC[N+](=O)[O-]. The van der Waals surface area contributed by atoms with Crippen LogP contribution in [0.3, 0.4) is 0 Å². The number of nitrogens with zero attached hydrogens (tertiary/aromatic N) is 1. The van der Waals surface area contributed by atoms with Gasteiger partial charge in [-0.3, -0.25) is 10.1 Å². The van der Waals surface area contributed by atoms with Gasteiger partial charge in [-0.1, -0.05) is 0 Å². The molecule has 0 aliphatic carbocycles. The molecular weight excluding hydrogens is 110 g/mol. The Bertz CT molecular complexity index is 82.6. The zero-order chi connectivity index (χ0) is 6.57. The molecular formula is C3H9N3O2. The molecule has 0 aliphatic heterocycles. The van der Waals surface area contributed by atoms with E-state index in [0.717, 1.165) is 0 Å². The Morgan fingerprint density at radius 2 is 2.12 bits per heavy atom. The van der Waals surface area contributed by atoms with Crippen molar-refractivity contribution < 1.29 is 4.92 Å². The summed E-state index contributed by atoms with van der Waals surface area (Å²) in [6, 6.07) is 0. The van der Waals surface area contributed by atoms with Gasteiger partial charge in [0.2, 0.25) is 6.54 Å². The smallest absolute Gasteiger partial charge is 0.206 e. The van der Waals surface area contributed by atoms with Gasteiger partial charge in [0, 0.05) is 11.3 Å². The van der Waals surface area contributed by atoms with E-state index in [1.165, 1.54) is 0 Å². The average Bonchev–Trinajstić information content (AvgIpc) is 1.61.